The molecule has 2 N–H and O–H groups in total. The lowest BCUT2D eigenvalue weighted by Crippen LogP contribution is -2.48. The maximum absolute atomic E-state index is 13.0. The summed E-state index contributed by atoms with van der Waals surface area (Å²) in [5, 5.41) is 4.76. The van der Waals surface area contributed by atoms with Crippen LogP contribution in [-0.4, -0.2) is 30.1 Å². The van der Waals surface area contributed by atoms with Crippen LogP contribution in [0.5, 0.6) is 0 Å². The number of ether oxygens (including phenoxy) is 1. The highest BCUT2D eigenvalue weighted by Crippen LogP contribution is 2.19. The van der Waals surface area contributed by atoms with E-state index in [2.05, 4.69) is 10.6 Å². The lowest BCUT2D eigenvalue weighted by Gasteiger charge is -2.23. The van der Waals surface area contributed by atoms with E-state index in [0.717, 1.165) is 44.2 Å². The molecule has 1 aromatic rings. The summed E-state index contributed by atoms with van der Waals surface area (Å²) in [5.74, 6) is -2.22. The number of hydrogen-bond acceptors (Lipinski definition) is 4. The Labute approximate surface area is 150 Å². The Morgan fingerprint density at radius 2 is 1.92 bits per heavy atom. The van der Waals surface area contributed by atoms with Gasteiger partial charge in [0.05, 0.1) is 10.6 Å². The Balaban J connectivity index is 1.84. The number of esters is 1. The van der Waals surface area contributed by atoms with Crippen molar-refractivity contribution >= 4 is 29.5 Å². The van der Waals surface area contributed by atoms with Gasteiger partial charge in [0.2, 0.25) is 0 Å². The van der Waals surface area contributed by atoms with Crippen LogP contribution in [0.3, 0.4) is 0 Å². The maximum atomic E-state index is 13.0. The second kappa shape index (κ2) is 8.80. The second-order valence-electron chi connectivity index (χ2n) is 5.97. The molecule has 0 spiro atoms. The zero-order chi connectivity index (χ0) is 18.4. The van der Waals surface area contributed by atoms with Crippen molar-refractivity contribution in [1.82, 2.24) is 10.6 Å². The van der Waals surface area contributed by atoms with Gasteiger partial charge in [0, 0.05) is 6.04 Å². The van der Waals surface area contributed by atoms with Crippen LogP contribution in [0.1, 0.15) is 49.4 Å². The molecular weight excluding hydrogens is 351 g/mol. The first kappa shape index (κ1) is 19.2. The minimum Gasteiger partial charge on any atom is -0.449 e. The average Bonchev–Trinajstić information content (AvgIpc) is 2.55. The second-order valence-corrected chi connectivity index (χ2v) is 6.38. The molecule has 3 amide bonds. The van der Waals surface area contributed by atoms with Gasteiger partial charge in [-0.3, -0.25) is 10.1 Å². The summed E-state index contributed by atoms with van der Waals surface area (Å²) in [6.07, 6.45) is 3.81. The molecule has 2 rings (SSSR count). The lowest BCUT2D eigenvalue weighted by molar-refractivity contribution is -0.127. The van der Waals surface area contributed by atoms with E-state index in [1.165, 1.54) is 13.0 Å². The van der Waals surface area contributed by atoms with Crippen LogP contribution in [0.25, 0.3) is 0 Å². The van der Waals surface area contributed by atoms with E-state index in [9.17, 15) is 18.8 Å². The first-order valence-corrected chi connectivity index (χ1v) is 8.52. The number of benzene rings is 1. The van der Waals surface area contributed by atoms with E-state index >= 15 is 0 Å². The molecule has 0 heterocycles. The van der Waals surface area contributed by atoms with Crippen molar-refractivity contribution in [3.63, 3.8) is 0 Å². The molecule has 0 bridgehead atoms. The topological polar surface area (TPSA) is 84.5 Å². The van der Waals surface area contributed by atoms with Crippen molar-refractivity contribution in [1.29, 1.82) is 0 Å². The third kappa shape index (κ3) is 5.70. The van der Waals surface area contributed by atoms with Crippen molar-refractivity contribution in [2.75, 3.05) is 0 Å². The van der Waals surface area contributed by atoms with Gasteiger partial charge in [-0.05, 0) is 38.0 Å². The zero-order valence-corrected chi connectivity index (χ0v) is 14.6. The molecule has 1 saturated carbocycles. The van der Waals surface area contributed by atoms with Crippen molar-refractivity contribution in [3.05, 3.63) is 34.6 Å². The van der Waals surface area contributed by atoms with E-state index in [0.29, 0.717) is 0 Å². The van der Waals surface area contributed by atoms with Gasteiger partial charge in [0.1, 0.15) is 5.82 Å². The van der Waals surface area contributed by atoms with E-state index < -0.39 is 29.8 Å². The third-order valence-electron chi connectivity index (χ3n) is 3.98. The average molecular weight is 371 g/mol. The number of rotatable bonds is 4. The Kier molecular flexibility index (Phi) is 6.75. The third-order valence-corrected chi connectivity index (χ3v) is 4.29. The molecule has 1 aromatic carbocycles. The molecule has 1 aliphatic rings. The number of carbonyl (C=O) groups is 3. The SMILES string of the molecule is C[C@@H](OC(=O)c1ccc(F)cc1Cl)C(=O)NC(=O)NC1CCCCC1. The number of imide groups is 1. The van der Waals surface area contributed by atoms with Crippen LogP contribution in [0.2, 0.25) is 5.02 Å². The molecule has 1 fully saturated rings. The smallest absolute Gasteiger partial charge is 0.340 e. The fourth-order valence-electron chi connectivity index (χ4n) is 2.61. The van der Waals surface area contributed by atoms with Gasteiger partial charge in [-0.15, -0.1) is 0 Å². The Hall–Kier alpha value is -2.15. The molecule has 25 heavy (non-hydrogen) atoms. The summed E-state index contributed by atoms with van der Waals surface area (Å²) >= 11 is 5.77. The van der Waals surface area contributed by atoms with Crippen molar-refractivity contribution in [2.24, 2.45) is 0 Å². The fourth-order valence-corrected chi connectivity index (χ4v) is 2.86. The molecule has 1 atom stereocenters. The Morgan fingerprint density at radius 3 is 2.56 bits per heavy atom. The number of amides is 3. The van der Waals surface area contributed by atoms with Gasteiger partial charge in [0.25, 0.3) is 5.91 Å². The molecule has 6 nitrogen and oxygen atoms in total. The first-order chi connectivity index (χ1) is 11.9. The molecule has 1 aliphatic carbocycles. The lowest BCUT2D eigenvalue weighted by atomic mass is 9.96. The Bertz CT molecular complexity index is 662. The molecule has 0 aromatic heterocycles. The van der Waals surface area contributed by atoms with Crippen LogP contribution in [0.15, 0.2) is 18.2 Å². The number of nitrogens with one attached hydrogen (secondary N) is 2. The van der Waals surface area contributed by atoms with Crippen LogP contribution in [-0.2, 0) is 9.53 Å². The van der Waals surface area contributed by atoms with E-state index in [1.54, 1.807) is 0 Å². The van der Waals surface area contributed by atoms with E-state index in [1.807, 2.05) is 0 Å². The Morgan fingerprint density at radius 1 is 1.24 bits per heavy atom. The largest absolute Gasteiger partial charge is 0.449 e. The molecule has 8 heteroatoms. The molecule has 0 unspecified atom stereocenters. The predicted octanol–water partition coefficient (Wildman–Crippen LogP) is 3.18. The minimum absolute atomic E-state index is 0.0532. The number of halogens is 2. The van der Waals surface area contributed by atoms with Crippen LogP contribution in [0, 0.1) is 5.82 Å². The van der Waals surface area contributed by atoms with Gasteiger partial charge in [-0.2, -0.15) is 0 Å². The van der Waals surface area contributed by atoms with Gasteiger partial charge in [0.15, 0.2) is 6.10 Å². The molecule has 0 radical (unpaired) electrons. The normalized spacial score (nSPS) is 16.0. The van der Waals surface area contributed by atoms with Gasteiger partial charge >= 0.3 is 12.0 Å². The van der Waals surface area contributed by atoms with Crippen LogP contribution >= 0.6 is 11.6 Å². The first-order valence-electron chi connectivity index (χ1n) is 8.14. The number of urea groups is 1. The van der Waals surface area contributed by atoms with E-state index in [4.69, 9.17) is 16.3 Å². The molecule has 0 saturated heterocycles. The van der Waals surface area contributed by atoms with Gasteiger partial charge in [-0.25, -0.2) is 14.0 Å². The van der Waals surface area contributed by atoms with E-state index in [-0.39, 0.29) is 16.6 Å². The predicted molar refractivity (Wildman–Crippen MR) is 89.8 cm³/mol. The van der Waals surface area contributed by atoms with Crippen molar-refractivity contribution < 1.29 is 23.5 Å². The zero-order valence-electron chi connectivity index (χ0n) is 13.8. The summed E-state index contributed by atoms with van der Waals surface area (Å²) in [5.41, 5.74) is -0.0608. The monoisotopic (exact) mass is 370 g/mol. The molecule has 0 aliphatic heterocycles. The fraction of sp³-hybridized carbons (Fsp3) is 0.471. The number of hydrogen-bond donors (Lipinski definition) is 2. The van der Waals surface area contributed by atoms with Crippen molar-refractivity contribution in [3.8, 4) is 0 Å². The van der Waals surface area contributed by atoms with Gasteiger partial charge in [-0.1, -0.05) is 30.9 Å². The summed E-state index contributed by atoms with van der Waals surface area (Å²) in [6, 6.07) is 2.64. The highest BCUT2D eigenvalue weighted by atomic mass is 35.5. The minimum atomic E-state index is -1.20. The van der Waals surface area contributed by atoms with Crippen LogP contribution < -0.4 is 10.6 Å². The highest BCUT2D eigenvalue weighted by molar-refractivity contribution is 6.33. The van der Waals surface area contributed by atoms with Crippen LogP contribution in [0.4, 0.5) is 9.18 Å². The quantitative estimate of drug-likeness (QED) is 0.797. The maximum Gasteiger partial charge on any atom is 0.340 e. The number of carbonyl (C=O) groups excluding carboxylic acids is 3. The van der Waals surface area contributed by atoms with Gasteiger partial charge < -0.3 is 10.1 Å². The molecular formula is C17H20ClFN2O4. The standard InChI is InChI=1S/C17H20ClFN2O4/c1-10(25-16(23)13-8-7-11(19)9-14(13)18)15(22)21-17(24)20-12-5-3-2-4-6-12/h7-10,12H,2-6H2,1H3,(H2,20,21,22,24)/t10-/m1/s1. The summed E-state index contributed by atoms with van der Waals surface area (Å²) in [6.45, 7) is 1.33. The molecule has 136 valence electrons. The summed E-state index contributed by atoms with van der Waals surface area (Å²) < 4.78 is 18.0. The summed E-state index contributed by atoms with van der Waals surface area (Å²) in [4.78, 5) is 35.8. The highest BCUT2D eigenvalue weighted by Gasteiger charge is 2.23. The van der Waals surface area contributed by atoms with Crippen molar-refractivity contribution in [2.45, 2.75) is 51.2 Å². The summed E-state index contributed by atoms with van der Waals surface area (Å²) in [7, 11) is 0.